The van der Waals surface area contributed by atoms with Crippen LogP contribution in [0.1, 0.15) is 25.7 Å². The van der Waals surface area contributed by atoms with E-state index < -0.39 is 11.1 Å². The predicted octanol–water partition coefficient (Wildman–Crippen LogP) is 3.11. The van der Waals surface area contributed by atoms with Crippen LogP contribution in [0.15, 0.2) is 42.7 Å². The van der Waals surface area contributed by atoms with E-state index in [0.717, 1.165) is 11.1 Å². The van der Waals surface area contributed by atoms with Crippen molar-refractivity contribution in [2.45, 2.75) is 25.6 Å². The zero-order valence-electron chi connectivity index (χ0n) is 13.7. The van der Waals surface area contributed by atoms with Crippen LogP contribution in [0.25, 0.3) is 22.5 Å². The Kier molecular flexibility index (Phi) is 5.00. The van der Waals surface area contributed by atoms with Crippen molar-refractivity contribution in [3.63, 3.8) is 0 Å². The number of hydrogen-bond acceptors (Lipinski definition) is 5. The molecule has 2 heterocycles. The molecule has 0 aliphatic carbocycles. The van der Waals surface area contributed by atoms with Gasteiger partial charge >= 0.3 is 0 Å². The van der Waals surface area contributed by atoms with Gasteiger partial charge in [0.05, 0.1) is 11.4 Å². The fourth-order valence-electron chi connectivity index (χ4n) is 2.39. The Morgan fingerprint density at radius 3 is 2.60 bits per heavy atom. The molecule has 0 aliphatic rings. The summed E-state index contributed by atoms with van der Waals surface area (Å²) in [6.45, 7) is 3.99. The second kappa shape index (κ2) is 7.20. The largest absolute Gasteiger partial charge is 0.772 e. The molecule has 1 aromatic carbocycles. The van der Waals surface area contributed by atoms with Gasteiger partial charge in [-0.1, -0.05) is 0 Å². The molecular weight excluding hydrogens is 343 g/mol. The second-order valence-corrected chi connectivity index (χ2v) is 6.67. The summed E-state index contributed by atoms with van der Waals surface area (Å²) in [4.78, 5) is 8.31. The highest BCUT2D eigenvalue weighted by Crippen LogP contribution is 2.31. The molecule has 1 atom stereocenters. The molecule has 0 aliphatic heterocycles. The first kappa shape index (κ1) is 17.4. The van der Waals surface area contributed by atoms with E-state index in [1.54, 1.807) is 22.9 Å². The molecule has 0 amide bonds. The van der Waals surface area contributed by atoms with Gasteiger partial charge in [0.1, 0.15) is 17.3 Å². The van der Waals surface area contributed by atoms with Crippen LogP contribution in [-0.2, 0) is 16.8 Å². The van der Waals surface area contributed by atoms with Crippen LogP contribution in [0.2, 0.25) is 0 Å². The Labute approximate surface area is 147 Å². The summed E-state index contributed by atoms with van der Waals surface area (Å²) in [6.07, 6.45) is 3.37. The zero-order chi connectivity index (χ0) is 18.0. The summed E-state index contributed by atoms with van der Waals surface area (Å²) in [7, 11) is 0. The molecule has 1 unspecified atom stereocenters. The molecule has 130 valence electrons. The smallest absolute Gasteiger partial charge is 0.140 e. The fraction of sp³-hybridized carbons (Fsp3) is 0.235. The highest BCUT2D eigenvalue weighted by molar-refractivity contribution is 7.78. The highest BCUT2D eigenvalue weighted by Gasteiger charge is 2.16. The SMILES string of the molecule is CC(C)n1cc(-c2ccnc(CS(=O)[O-])n2)c(-c2ccc(F)cc2)n1. The van der Waals surface area contributed by atoms with Gasteiger partial charge in [-0.15, -0.1) is 0 Å². The maximum Gasteiger partial charge on any atom is 0.140 e. The third-order valence-electron chi connectivity index (χ3n) is 3.61. The van der Waals surface area contributed by atoms with Crippen molar-refractivity contribution >= 4 is 11.1 Å². The van der Waals surface area contributed by atoms with Gasteiger partial charge in [-0.2, -0.15) is 5.10 Å². The molecule has 0 N–H and O–H groups in total. The molecule has 0 saturated heterocycles. The van der Waals surface area contributed by atoms with E-state index in [4.69, 9.17) is 0 Å². The molecule has 3 rings (SSSR count). The molecule has 0 saturated carbocycles. The Balaban J connectivity index is 2.11. The lowest BCUT2D eigenvalue weighted by atomic mass is 10.1. The standard InChI is InChI=1S/C17H17FN4O2S/c1-11(2)22-9-14(15-7-8-19-16(20-15)10-25(23)24)17(21-22)12-3-5-13(18)6-4-12/h3-9,11H,10H2,1-2H3,(H,23,24)/p-1. The van der Waals surface area contributed by atoms with Gasteiger partial charge in [0.15, 0.2) is 0 Å². The van der Waals surface area contributed by atoms with Gasteiger partial charge < -0.3 is 4.55 Å². The first-order valence-corrected chi connectivity index (χ1v) is 8.91. The summed E-state index contributed by atoms with van der Waals surface area (Å²) in [6, 6.07) is 7.88. The number of aromatic nitrogens is 4. The lowest BCUT2D eigenvalue weighted by molar-refractivity contribution is 0.534. The molecule has 0 fully saturated rings. The normalized spacial score (nSPS) is 12.5. The lowest BCUT2D eigenvalue weighted by Crippen LogP contribution is -2.01. The van der Waals surface area contributed by atoms with Gasteiger partial charge in [0.2, 0.25) is 0 Å². The van der Waals surface area contributed by atoms with Crippen LogP contribution in [-0.4, -0.2) is 28.5 Å². The Hall–Kier alpha value is -2.45. The molecule has 2 aromatic heterocycles. The quantitative estimate of drug-likeness (QED) is 0.654. The Morgan fingerprint density at radius 1 is 1.24 bits per heavy atom. The van der Waals surface area contributed by atoms with Gasteiger partial charge in [-0.05, 0) is 55.3 Å². The lowest BCUT2D eigenvalue weighted by Gasteiger charge is -2.06. The Morgan fingerprint density at radius 2 is 1.96 bits per heavy atom. The van der Waals surface area contributed by atoms with Gasteiger partial charge in [-0.3, -0.25) is 8.89 Å². The summed E-state index contributed by atoms with van der Waals surface area (Å²) in [5.74, 6) is -0.359. The number of benzene rings is 1. The van der Waals surface area contributed by atoms with Crippen molar-refractivity contribution in [1.29, 1.82) is 0 Å². The molecule has 3 aromatic rings. The third kappa shape index (κ3) is 3.97. The predicted molar refractivity (Wildman–Crippen MR) is 91.7 cm³/mol. The van der Waals surface area contributed by atoms with E-state index in [2.05, 4.69) is 15.1 Å². The maximum atomic E-state index is 13.2. The van der Waals surface area contributed by atoms with E-state index in [1.165, 1.54) is 18.3 Å². The Bertz CT molecular complexity index is 909. The van der Waals surface area contributed by atoms with E-state index >= 15 is 0 Å². The van der Waals surface area contributed by atoms with Crippen LogP contribution < -0.4 is 0 Å². The van der Waals surface area contributed by atoms with Crippen LogP contribution in [0.4, 0.5) is 4.39 Å². The van der Waals surface area contributed by atoms with Crippen LogP contribution in [0.3, 0.4) is 0 Å². The van der Waals surface area contributed by atoms with Gasteiger partial charge in [0.25, 0.3) is 0 Å². The van der Waals surface area contributed by atoms with Crippen molar-refractivity contribution in [2.75, 3.05) is 0 Å². The molecule has 25 heavy (non-hydrogen) atoms. The monoisotopic (exact) mass is 359 g/mol. The molecular formula is C17H16FN4O2S-. The zero-order valence-corrected chi connectivity index (χ0v) is 14.5. The fourth-order valence-corrected chi connectivity index (χ4v) is 2.74. The van der Waals surface area contributed by atoms with Crippen molar-refractivity contribution in [3.8, 4) is 22.5 Å². The van der Waals surface area contributed by atoms with Crippen molar-refractivity contribution < 1.29 is 13.2 Å². The summed E-state index contributed by atoms with van der Waals surface area (Å²) >= 11 is -2.26. The number of rotatable bonds is 5. The first-order valence-electron chi connectivity index (χ1n) is 7.67. The van der Waals surface area contributed by atoms with E-state index in [9.17, 15) is 13.2 Å². The van der Waals surface area contributed by atoms with Gasteiger partial charge in [-0.25, -0.2) is 14.4 Å². The van der Waals surface area contributed by atoms with E-state index in [1.807, 2.05) is 20.0 Å². The van der Waals surface area contributed by atoms with Crippen LogP contribution in [0.5, 0.6) is 0 Å². The molecule has 0 radical (unpaired) electrons. The minimum atomic E-state index is -2.26. The number of halogens is 1. The number of hydrogen-bond donors (Lipinski definition) is 0. The second-order valence-electron chi connectivity index (χ2n) is 5.78. The van der Waals surface area contributed by atoms with Crippen molar-refractivity contribution in [3.05, 3.63) is 54.4 Å². The minimum Gasteiger partial charge on any atom is -0.772 e. The van der Waals surface area contributed by atoms with Crippen LogP contribution >= 0.6 is 0 Å². The van der Waals surface area contributed by atoms with E-state index in [0.29, 0.717) is 11.4 Å². The molecule has 6 nitrogen and oxygen atoms in total. The summed E-state index contributed by atoms with van der Waals surface area (Å²) in [5.41, 5.74) is 2.72. The average molecular weight is 359 g/mol. The highest BCUT2D eigenvalue weighted by atomic mass is 32.2. The molecule has 0 bridgehead atoms. The third-order valence-corrected chi connectivity index (χ3v) is 4.10. The number of nitrogens with zero attached hydrogens (tertiary/aromatic N) is 4. The average Bonchev–Trinajstić information content (AvgIpc) is 3.01. The minimum absolute atomic E-state index is 0.128. The molecule has 8 heteroatoms. The molecule has 0 spiro atoms. The van der Waals surface area contributed by atoms with Crippen molar-refractivity contribution in [2.24, 2.45) is 0 Å². The summed E-state index contributed by atoms with van der Waals surface area (Å²) in [5, 5.41) is 4.59. The summed E-state index contributed by atoms with van der Waals surface area (Å²) < 4.78 is 36.8. The first-order chi connectivity index (χ1) is 11.9. The van der Waals surface area contributed by atoms with Gasteiger partial charge in [0, 0.05) is 29.6 Å². The van der Waals surface area contributed by atoms with Crippen LogP contribution in [0, 0.1) is 5.82 Å². The van der Waals surface area contributed by atoms with Crippen molar-refractivity contribution in [1.82, 2.24) is 19.7 Å². The maximum absolute atomic E-state index is 13.2. The van der Waals surface area contributed by atoms with E-state index in [-0.39, 0.29) is 23.4 Å². The topological polar surface area (TPSA) is 83.7 Å².